The van der Waals surface area contributed by atoms with Gasteiger partial charge in [-0.1, -0.05) is 12.1 Å². The molecule has 0 radical (unpaired) electrons. The molecule has 1 aliphatic rings. The zero-order valence-electron chi connectivity index (χ0n) is 17.0. The van der Waals surface area contributed by atoms with Crippen molar-refractivity contribution in [2.45, 2.75) is 25.2 Å². The molecule has 0 bridgehead atoms. The van der Waals surface area contributed by atoms with Gasteiger partial charge in [-0.15, -0.1) is 0 Å². The molecular formula is C21H24N4O4S. The van der Waals surface area contributed by atoms with Crippen LogP contribution in [0.1, 0.15) is 17.9 Å². The third-order valence-electron chi connectivity index (χ3n) is 5.26. The number of piperazine rings is 1. The second-order valence-corrected chi connectivity index (χ2v) is 9.55. The molecule has 0 saturated carbocycles. The Bertz CT molecular complexity index is 1160. The molecule has 9 heteroatoms. The summed E-state index contributed by atoms with van der Waals surface area (Å²) in [5.41, 5.74) is 1.85. The summed E-state index contributed by atoms with van der Waals surface area (Å²) in [6.45, 7) is 6.10. The van der Waals surface area contributed by atoms with Crippen LogP contribution in [0.4, 0.5) is 5.82 Å². The summed E-state index contributed by atoms with van der Waals surface area (Å²) in [6.07, 6.45) is 1.77. The molecule has 0 aliphatic carbocycles. The molecule has 0 N–H and O–H groups in total. The van der Waals surface area contributed by atoms with Gasteiger partial charge in [0, 0.05) is 45.7 Å². The van der Waals surface area contributed by atoms with E-state index >= 15 is 0 Å². The number of pyridine rings is 1. The van der Waals surface area contributed by atoms with E-state index in [0.717, 1.165) is 11.4 Å². The van der Waals surface area contributed by atoms with Gasteiger partial charge in [-0.2, -0.15) is 0 Å². The zero-order chi connectivity index (χ0) is 21.3. The van der Waals surface area contributed by atoms with Gasteiger partial charge < -0.3 is 14.2 Å². The second kappa shape index (κ2) is 8.06. The number of carbonyl (C=O) groups excluding carboxylic acids is 1. The van der Waals surface area contributed by atoms with E-state index in [-0.39, 0.29) is 28.6 Å². The Morgan fingerprint density at radius 3 is 2.57 bits per heavy atom. The molecule has 1 saturated heterocycles. The zero-order valence-corrected chi connectivity index (χ0v) is 17.9. The first-order chi connectivity index (χ1) is 14.3. The fourth-order valence-corrected chi connectivity index (χ4v) is 4.98. The van der Waals surface area contributed by atoms with Crippen molar-refractivity contribution in [1.82, 2.24) is 14.9 Å². The summed E-state index contributed by atoms with van der Waals surface area (Å²) in [5, 5.41) is 0. The van der Waals surface area contributed by atoms with Crippen molar-refractivity contribution < 1.29 is 17.6 Å². The van der Waals surface area contributed by atoms with Crippen LogP contribution in [-0.4, -0.2) is 61.1 Å². The Labute approximate surface area is 175 Å². The number of aromatic nitrogens is 2. The van der Waals surface area contributed by atoms with Gasteiger partial charge in [-0.25, -0.2) is 18.4 Å². The Hall–Kier alpha value is -2.94. The predicted molar refractivity (Wildman–Crippen MR) is 113 cm³/mol. The van der Waals surface area contributed by atoms with Crippen LogP contribution < -0.4 is 4.90 Å². The van der Waals surface area contributed by atoms with Crippen LogP contribution in [-0.2, 0) is 14.6 Å². The summed E-state index contributed by atoms with van der Waals surface area (Å²) >= 11 is 0. The van der Waals surface area contributed by atoms with Crippen molar-refractivity contribution in [2.75, 3.05) is 36.8 Å². The van der Waals surface area contributed by atoms with E-state index in [9.17, 15) is 13.2 Å². The Morgan fingerprint density at radius 2 is 1.87 bits per heavy atom. The molecule has 30 heavy (non-hydrogen) atoms. The van der Waals surface area contributed by atoms with Crippen LogP contribution in [0.15, 0.2) is 45.8 Å². The van der Waals surface area contributed by atoms with Gasteiger partial charge in [0.1, 0.15) is 16.2 Å². The standard InChI is InChI=1S/C21H24N4O4S/c1-15-6-7-19(22-14-15)24-9-11-25(12-10-24)20(26)8-13-30(27,28)18-5-3-4-17-21(18)29-16(2)23-17/h3-7,14H,8-13H2,1-2H3. The molecule has 3 aromatic rings. The molecule has 1 fully saturated rings. The first kappa shape index (κ1) is 20.3. The lowest BCUT2D eigenvalue weighted by Crippen LogP contribution is -2.49. The van der Waals surface area contributed by atoms with Gasteiger partial charge in [0.2, 0.25) is 5.91 Å². The maximum absolute atomic E-state index is 12.8. The maximum atomic E-state index is 12.8. The number of aryl methyl sites for hydroxylation is 2. The highest BCUT2D eigenvalue weighted by molar-refractivity contribution is 7.91. The summed E-state index contributed by atoms with van der Waals surface area (Å²) < 4.78 is 31.1. The summed E-state index contributed by atoms with van der Waals surface area (Å²) in [7, 11) is -3.67. The number of hydrogen-bond donors (Lipinski definition) is 0. The average Bonchev–Trinajstić information content (AvgIpc) is 3.13. The fraction of sp³-hybridized carbons (Fsp3) is 0.381. The van der Waals surface area contributed by atoms with Crippen molar-refractivity contribution in [3.8, 4) is 0 Å². The molecule has 0 atom stereocenters. The van der Waals surface area contributed by atoms with Gasteiger partial charge in [0.25, 0.3) is 0 Å². The Balaban J connectivity index is 1.37. The van der Waals surface area contributed by atoms with Crippen LogP contribution in [0.2, 0.25) is 0 Å². The molecule has 0 unspecified atom stereocenters. The first-order valence-corrected chi connectivity index (χ1v) is 11.5. The monoisotopic (exact) mass is 428 g/mol. The number of benzene rings is 1. The number of rotatable bonds is 5. The Morgan fingerprint density at radius 1 is 1.10 bits per heavy atom. The highest BCUT2D eigenvalue weighted by Gasteiger charge is 2.26. The van der Waals surface area contributed by atoms with Crippen molar-refractivity contribution in [2.24, 2.45) is 0 Å². The fourth-order valence-electron chi connectivity index (χ4n) is 3.60. The van der Waals surface area contributed by atoms with Crippen molar-refractivity contribution >= 4 is 32.7 Å². The van der Waals surface area contributed by atoms with E-state index in [1.165, 1.54) is 6.07 Å². The Kier molecular flexibility index (Phi) is 5.46. The number of para-hydroxylation sites is 1. The van der Waals surface area contributed by atoms with Crippen molar-refractivity contribution in [3.05, 3.63) is 48.0 Å². The van der Waals surface area contributed by atoms with Crippen LogP contribution in [0.3, 0.4) is 0 Å². The van der Waals surface area contributed by atoms with E-state index in [4.69, 9.17) is 4.42 Å². The normalized spacial score (nSPS) is 15.0. The van der Waals surface area contributed by atoms with Gasteiger partial charge >= 0.3 is 0 Å². The highest BCUT2D eigenvalue weighted by atomic mass is 32.2. The number of fused-ring (bicyclic) bond motifs is 1. The topological polar surface area (TPSA) is 96.6 Å². The minimum Gasteiger partial charge on any atom is -0.440 e. The van der Waals surface area contributed by atoms with E-state index < -0.39 is 9.84 Å². The molecule has 2 aromatic heterocycles. The number of carbonyl (C=O) groups is 1. The van der Waals surface area contributed by atoms with E-state index in [1.54, 1.807) is 24.0 Å². The molecule has 3 heterocycles. The summed E-state index contributed by atoms with van der Waals surface area (Å²) in [6, 6.07) is 8.84. The van der Waals surface area contributed by atoms with E-state index in [2.05, 4.69) is 14.9 Å². The maximum Gasteiger partial charge on any atom is 0.223 e. The predicted octanol–water partition coefficient (Wildman–Crippen LogP) is 2.35. The molecule has 0 spiro atoms. The van der Waals surface area contributed by atoms with Crippen LogP contribution in [0, 0.1) is 13.8 Å². The third kappa shape index (κ3) is 4.16. The first-order valence-electron chi connectivity index (χ1n) is 9.88. The summed E-state index contributed by atoms with van der Waals surface area (Å²) in [4.78, 5) is 25.2. The minimum atomic E-state index is -3.67. The largest absolute Gasteiger partial charge is 0.440 e. The van der Waals surface area contributed by atoms with Crippen molar-refractivity contribution in [3.63, 3.8) is 0 Å². The lowest BCUT2D eigenvalue weighted by Gasteiger charge is -2.35. The van der Waals surface area contributed by atoms with Gasteiger partial charge in [0.05, 0.1) is 5.75 Å². The number of sulfone groups is 1. The van der Waals surface area contributed by atoms with Crippen molar-refractivity contribution in [1.29, 1.82) is 0 Å². The smallest absolute Gasteiger partial charge is 0.223 e. The molecular weight excluding hydrogens is 404 g/mol. The number of nitrogens with zero attached hydrogens (tertiary/aromatic N) is 4. The third-order valence-corrected chi connectivity index (χ3v) is 6.99. The molecule has 1 aliphatic heterocycles. The van der Waals surface area contributed by atoms with Crippen LogP contribution in [0.5, 0.6) is 0 Å². The quantitative estimate of drug-likeness (QED) is 0.615. The highest BCUT2D eigenvalue weighted by Crippen LogP contribution is 2.25. The lowest BCUT2D eigenvalue weighted by atomic mass is 10.2. The number of anilines is 1. The molecule has 8 nitrogen and oxygen atoms in total. The molecule has 158 valence electrons. The van der Waals surface area contributed by atoms with Crippen LogP contribution >= 0.6 is 0 Å². The molecule has 1 aromatic carbocycles. The number of hydrogen-bond acceptors (Lipinski definition) is 7. The molecule has 1 amide bonds. The van der Waals surface area contributed by atoms with Gasteiger partial charge in [-0.3, -0.25) is 4.79 Å². The number of amides is 1. The second-order valence-electron chi connectivity index (χ2n) is 7.47. The van der Waals surface area contributed by atoms with Gasteiger partial charge in [-0.05, 0) is 30.7 Å². The average molecular weight is 429 g/mol. The lowest BCUT2D eigenvalue weighted by molar-refractivity contribution is -0.131. The minimum absolute atomic E-state index is 0.0609. The number of oxazole rings is 1. The van der Waals surface area contributed by atoms with Crippen LogP contribution in [0.25, 0.3) is 11.1 Å². The van der Waals surface area contributed by atoms with E-state index in [1.807, 2.05) is 25.3 Å². The SMILES string of the molecule is Cc1ccc(N2CCN(C(=O)CCS(=O)(=O)c3cccc4nc(C)oc34)CC2)nc1. The van der Waals surface area contributed by atoms with E-state index in [0.29, 0.717) is 37.6 Å². The van der Waals surface area contributed by atoms with Gasteiger partial charge in [0.15, 0.2) is 21.3 Å². The molecule has 4 rings (SSSR count). The summed E-state index contributed by atoms with van der Waals surface area (Å²) in [5.74, 6) is 0.885.